The Hall–Kier alpha value is -3.14. The van der Waals surface area contributed by atoms with Crippen LogP contribution in [0.25, 0.3) is 5.78 Å². The highest BCUT2D eigenvalue weighted by molar-refractivity contribution is 7.99. The molecule has 10 heteroatoms. The van der Waals surface area contributed by atoms with Gasteiger partial charge in [-0.15, -0.1) is 5.10 Å². The highest BCUT2D eigenvalue weighted by atomic mass is 32.2. The lowest BCUT2D eigenvalue weighted by Gasteiger charge is -2.12. The first-order valence-electron chi connectivity index (χ1n) is 7.61. The summed E-state index contributed by atoms with van der Waals surface area (Å²) in [5.74, 6) is 0.631. The zero-order valence-corrected chi connectivity index (χ0v) is 14.9. The molecule has 2 heterocycles. The predicted octanol–water partition coefficient (Wildman–Crippen LogP) is 1.82. The minimum atomic E-state index is -0.250. The predicted molar refractivity (Wildman–Crippen MR) is 97.4 cm³/mol. The number of methoxy groups -OCH3 is 1. The van der Waals surface area contributed by atoms with Crippen LogP contribution in [0.1, 0.15) is 6.92 Å². The van der Waals surface area contributed by atoms with E-state index >= 15 is 0 Å². The maximum absolute atomic E-state index is 12.2. The van der Waals surface area contributed by atoms with Crippen LogP contribution < -0.4 is 15.4 Å². The lowest BCUT2D eigenvalue weighted by Crippen LogP contribution is -2.15. The third kappa shape index (κ3) is 4.28. The SMILES string of the molecule is COc1ccc(NC(C)=O)cc1NC(=O)CSc1nc2ncccn2n1. The average Bonchev–Trinajstić information content (AvgIpc) is 3.03. The summed E-state index contributed by atoms with van der Waals surface area (Å²) in [6, 6.07) is 6.74. The Kier molecular flexibility index (Phi) is 5.32. The molecular weight excluding hydrogens is 356 g/mol. The van der Waals surface area contributed by atoms with E-state index in [9.17, 15) is 9.59 Å². The molecule has 0 aliphatic rings. The molecule has 134 valence electrons. The van der Waals surface area contributed by atoms with Crippen LogP contribution in [0.15, 0.2) is 41.8 Å². The number of rotatable bonds is 6. The highest BCUT2D eigenvalue weighted by Gasteiger charge is 2.12. The van der Waals surface area contributed by atoms with Crippen LogP contribution in [0.5, 0.6) is 5.75 Å². The van der Waals surface area contributed by atoms with Gasteiger partial charge in [0.25, 0.3) is 5.78 Å². The minimum absolute atomic E-state index is 0.115. The molecule has 2 amide bonds. The van der Waals surface area contributed by atoms with Crippen molar-refractivity contribution in [2.45, 2.75) is 12.1 Å². The Morgan fingerprint density at radius 1 is 1.31 bits per heavy atom. The number of anilines is 2. The monoisotopic (exact) mass is 372 g/mol. The van der Waals surface area contributed by atoms with Crippen molar-refractivity contribution in [3.8, 4) is 5.75 Å². The van der Waals surface area contributed by atoms with E-state index in [0.717, 1.165) is 0 Å². The van der Waals surface area contributed by atoms with Crippen LogP contribution >= 0.6 is 11.8 Å². The number of carbonyl (C=O) groups excluding carboxylic acids is 2. The summed E-state index contributed by atoms with van der Waals surface area (Å²) in [7, 11) is 1.51. The van der Waals surface area contributed by atoms with Crippen molar-refractivity contribution >= 4 is 40.7 Å². The Bertz CT molecular complexity index is 925. The minimum Gasteiger partial charge on any atom is -0.495 e. The van der Waals surface area contributed by atoms with Gasteiger partial charge in [0.05, 0.1) is 18.6 Å². The van der Waals surface area contributed by atoms with Gasteiger partial charge in [-0.25, -0.2) is 9.50 Å². The number of aromatic nitrogens is 4. The molecule has 0 bridgehead atoms. The van der Waals surface area contributed by atoms with Crippen LogP contribution in [0.3, 0.4) is 0 Å². The zero-order chi connectivity index (χ0) is 18.5. The standard InChI is InChI=1S/C16H16N6O3S/c1-10(23)18-11-4-5-13(25-2)12(8-11)19-14(24)9-26-16-20-15-17-6-3-7-22(15)21-16/h3-8H,9H2,1-2H3,(H,18,23)(H,19,24). The molecule has 0 saturated carbocycles. The fourth-order valence-electron chi connectivity index (χ4n) is 2.18. The molecule has 0 aliphatic heterocycles. The number of amides is 2. The lowest BCUT2D eigenvalue weighted by molar-refractivity contribution is -0.114. The van der Waals surface area contributed by atoms with E-state index in [1.807, 2.05) is 0 Å². The molecule has 0 spiro atoms. The van der Waals surface area contributed by atoms with Gasteiger partial charge in [-0.05, 0) is 24.3 Å². The van der Waals surface area contributed by atoms with Crippen LogP contribution in [0.4, 0.5) is 11.4 Å². The van der Waals surface area contributed by atoms with Gasteiger partial charge >= 0.3 is 0 Å². The molecule has 9 nitrogen and oxygen atoms in total. The smallest absolute Gasteiger partial charge is 0.253 e. The van der Waals surface area contributed by atoms with Crippen molar-refractivity contribution in [2.75, 3.05) is 23.5 Å². The number of carbonyl (C=O) groups is 2. The Morgan fingerprint density at radius 2 is 2.15 bits per heavy atom. The van der Waals surface area contributed by atoms with Crippen molar-refractivity contribution in [2.24, 2.45) is 0 Å². The summed E-state index contributed by atoms with van der Waals surface area (Å²) < 4.78 is 6.78. The number of nitrogens with one attached hydrogen (secondary N) is 2. The number of hydrogen-bond donors (Lipinski definition) is 2. The van der Waals surface area contributed by atoms with Crippen molar-refractivity contribution in [1.82, 2.24) is 19.6 Å². The van der Waals surface area contributed by atoms with Crippen molar-refractivity contribution in [1.29, 1.82) is 0 Å². The number of nitrogens with zero attached hydrogens (tertiary/aromatic N) is 4. The highest BCUT2D eigenvalue weighted by Crippen LogP contribution is 2.28. The number of ether oxygens (including phenoxy) is 1. The average molecular weight is 372 g/mol. The number of benzene rings is 1. The summed E-state index contributed by atoms with van der Waals surface area (Å²) in [6.07, 6.45) is 3.36. The molecule has 1 aromatic carbocycles. The molecule has 0 atom stereocenters. The van der Waals surface area contributed by atoms with Crippen molar-refractivity contribution in [3.63, 3.8) is 0 Å². The van der Waals surface area contributed by atoms with Gasteiger partial charge in [0.1, 0.15) is 5.75 Å². The van der Waals surface area contributed by atoms with Crippen molar-refractivity contribution < 1.29 is 14.3 Å². The molecule has 0 saturated heterocycles. The lowest BCUT2D eigenvalue weighted by atomic mass is 10.2. The summed E-state index contributed by atoms with van der Waals surface area (Å²) in [6.45, 7) is 1.41. The van der Waals surface area contributed by atoms with E-state index in [4.69, 9.17) is 4.74 Å². The first-order chi connectivity index (χ1) is 12.5. The number of thioether (sulfide) groups is 1. The Morgan fingerprint density at radius 3 is 2.88 bits per heavy atom. The van der Waals surface area contributed by atoms with E-state index in [0.29, 0.717) is 28.1 Å². The van der Waals surface area contributed by atoms with E-state index in [-0.39, 0.29) is 17.6 Å². The Balaban J connectivity index is 1.66. The molecule has 0 unspecified atom stereocenters. The van der Waals surface area contributed by atoms with Crippen LogP contribution in [0, 0.1) is 0 Å². The third-order valence-electron chi connectivity index (χ3n) is 3.22. The second-order valence-corrected chi connectivity index (χ2v) is 6.13. The maximum Gasteiger partial charge on any atom is 0.253 e. The fraction of sp³-hybridized carbons (Fsp3) is 0.188. The Labute approximate surface area is 153 Å². The van der Waals surface area contributed by atoms with Crippen LogP contribution in [-0.2, 0) is 9.59 Å². The van der Waals surface area contributed by atoms with E-state index in [1.165, 1.54) is 25.8 Å². The molecule has 0 aliphatic carbocycles. The van der Waals surface area contributed by atoms with Gasteiger partial charge in [-0.2, -0.15) is 4.98 Å². The zero-order valence-electron chi connectivity index (χ0n) is 14.1. The normalized spacial score (nSPS) is 10.5. The molecule has 3 rings (SSSR count). The van der Waals surface area contributed by atoms with Gasteiger partial charge in [0, 0.05) is 25.0 Å². The largest absolute Gasteiger partial charge is 0.495 e. The van der Waals surface area contributed by atoms with Gasteiger partial charge in [-0.1, -0.05) is 11.8 Å². The summed E-state index contributed by atoms with van der Waals surface area (Å²) >= 11 is 1.20. The molecule has 0 radical (unpaired) electrons. The third-order valence-corrected chi connectivity index (χ3v) is 4.06. The fourth-order valence-corrected chi connectivity index (χ4v) is 2.80. The summed E-state index contributed by atoms with van der Waals surface area (Å²) in [4.78, 5) is 31.7. The van der Waals surface area contributed by atoms with Crippen molar-refractivity contribution in [3.05, 3.63) is 36.7 Å². The van der Waals surface area contributed by atoms with E-state index in [1.54, 1.807) is 41.2 Å². The number of fused-ring (bicyclic) bond motifs is 1. The van der Waals surface area contributed by atoms with Gasteiger partial charge in [0.15, 0.2) is 0 Å². The molecule has 3 aromatic rings. The molecule has 0 fully saturated rings. The number of hydrogen-bond acceptors (Lipinski definition) is 7. The summed E-state index contributed by atoms with van der Waals surface area (Å²) in [5, 5.41) is 10.1. The van der Waals surface area contributed by atoms with Gasteiger partial charge in [0.2, 0.25) is 17.0 Å². The second kappa shape index (κ2) is 7.83. The van der Waals surface area contributed by atoms with E-state index in [2.05, 4.69) is 25.7 Å². The second-order valence-electron chi connectivity index (χ2n) is 5.19. The first-order valence-corrected chi connectivity index (χ1v) is 8.59. The van der Waals surface area contributed by atoms with Gasteiger partial charge < -0.3 is 15.4 Å². The van der Waals surface area contributed by atoms with Gasteiger partial charge in [-0.3, -0.25) is 9.59 Å². The quantitative estimate of drug-likeness (QED) is 0.635. The van der Waals surface area contributed by atoms with E-state index < -0.39 is 0 Å². The molecular formula is C16H16N6O3S. The first kappa shape index (κ1) is 17.7. The summed E-state index contributed by atoms with van der Waals surface area (Å²) in [5.41, 5.74) is 1.03. The van der Waals surface area contributed by atoms with Crippen LogP contribution in [-0.4, -0.2) is 44.3 Å². The molecule has 2 aromatic heterocycles. The topological polar surface area (TPSA) is 111 Å². The van der Waals surface area contributed by atoms with Crippen LogP contribution in [0.2, 0.25) is 0 Å². The maximum atomic E-state index is 12.2. The molecule has 2 N–H and O–H groups in total. The molecule has 26 heavy (non-hydrogen) atoms.